The number of carbonyl (C=O) groups excluding carboxylic acids is 3. The first-order chi connectivity index (χ1) is 19.8. The fraction of sp³-hybridized carbons (Fsp3) is 0.323. The van der Waals surface area contributed by atoms with Crippen molar-refractivity contribution in [1.82, 2.24) is 4.90 Å². The number of aromatic hydroxyl groups is 2. The number of phenols is 2. The maximum Gasteiger partial charge on any atom is 0.255 e. The molecule has 0 aliphatic heterocycles. The first kappa shape index (κ1) is 28.9. The molecule has 220 valence electrons. The van der Waals surface area contributed by atoms with Gasteiger partial charge in [-0.2, -0.15) is 0 Å². The van der Waals surface area contributed by atoms with Gasteiger partial charge in [-0.15, -0.1) is 0 Å². The van der Waals surface area contributed by atoms with Crippen LogP contribution in [0.2, 0.25) is 0 Å². The van der Waals surface area contributed by atoms with Gasteiger partial charge >= 0.3 is 0 Å². The van der Waals surface area contributed by atoms with Crippen LogP contribution < -0.4 is 10.5 Å². The molecule has 1 fully saturated rings. The smallest absolute Gasteiger partial charge is 0.255 e. The number of hydrogen-bond acceptors (Lipinski definition) is 10. The Kier molecular flexibility index (Phi) is 7.12. The quantitative estimate of drug-likeness (QED) is 0.277. The van der Waals surface area contributed by atoms with E-state index in [1.54, 1.807) is 32.3 Å². The third kappa shape index (κ3) is 4.24. The number of likely N-dealkylation sites (N-methyl/N-ethyl adjacent to an activating group) is 1. The number of rotatable bonds is 6. The van der Waals surface area contributed by atoms with Gasteiger partial charge in [0.25, 0.3) is 5.91 Å². The van der Waals surface area contributed by atoms with E-state index < -0.39 is 58.0 Å². The largest absolute Gasteiger partial charge is 0.508 e. The van der Waals surface area contributed by atoms with E-state index in [0.717, 1.165) is 5.56 Å². The Hall–Kier alpha value is -4.61. The topological polar surface area (TPSA) is 191 Å². The number of amides is 1. The van der Waals surface area contributed by atoms with Crippen molar-refractivity contribution < 1.29 is 44.7 Å². The number of carbonyl (C=O) groups is 3. The van der Waals surface area contributed by atoms with E-state index in [1.165, 1.54) is 24.1 Å². The van der Waals surface area contributed by atoms with E-state index in [-0.39, 0.29) is 35.5 Å². The lowest BCUT2D eigenvalue weighted by atomic mass is 9.57. The lowest BCUT2D eigenvalue weighted by molar-refractivity contribution is -0.153. The van der Waals surface area contributed by atoms with Crippen LogP contribution in [0, 0.1) is 11.8 Å². The maximum atomic E-state index is 13.9. The Labute approximate surface area is 241 Å². The van der Waals surface area contributed by atoms with Crippen LogP contribution in [0.15, 0.2) is 53.3 Å². The van der Waals surface area contributed by atoms with E-state index in [9.17, 15) is 39.9 Å². The second-order valence-electron chi connectivity index (χ2n) is 11.1. The minimum atomic E-state index is -2.68. The molecule has 7 N–H and O–H groups in total. The van der Waals surface area contributed by atoms with Gasteiger partial charge in [-0.3, -0.25) is 19.3 Å². The van der Waals surface area contributed by atoms with Gasteiger partial charge in [0, 0.05) is 11.5 Å². The van der Waals surface area contributed by atoms with E-state index in [4.69, 9.17) is 10.5 Å². The molecule has 2 unspecified atom stereocenters. The summed E-state index contributed by atoms with van der Waals surface area (Å²) >= 11 is 0. The van der Waals surface area contributed by atoms with Gasteiger partial charge in [-0.1, -0.05) is 24.3 Å². The molecule has 2 aromatic rings. The van der Waals surface area contributed by atoms with E-state index >= 15 is 0 Å². The van der Waals surface area contributed by atoms with Gasteiger partial charge in [-0.05, 0) is 74.2 Å². The van der Waals surface area contributed by atoms with Crippen molar-refractivity contribution >= 4 is 29.3 Å². The number of ether oxygens (including phenoxy) is 1. The summed E-state index contributed by atoms with van der Waals surface area (Å²) in [5, 5.41) is 54.6. The summed E-state index contributed by atoms with van der Waals surface area (Å²) in [6.07, 6.45) is 4.37. The summed E-state index contributed by atoms with van der Waals surface area (Å²) in [6.45, 7) is 0. The predicted molar refractivity (Wildman–Crippen MR) is 152 cm³/mol. The Bertz CT molecular complexity index is 1620. The van der Waals surface area contributed by atoms with Gasteiger partial charge in [0.1, 0.15) is 22.8 Å². The molecule has 1 amide bonds. The molecule has 0 radical (unpaired) electrons. The number of phenolic OH excluding ortho intramolecular Hbond substituents is 2. The third-order valence-electron chi connectivity index (χ3n) is 8.54. The lowest BCUT2D eigenvalue weighted by Gasteiger charge is -2.50. The summed E-state index contributed by atoms with van der Waals surface area (Å²) in [7, 11) is 4.57. The van der Waals surface area contributed by atoms with Crippen LogP contribution in [-0.4, -0.2) is 80.8 Å². The first-order valence-electron chi connectivity index (χ1n) is 13.3. The van der Waals surface area contributed by atoms with Crippen LogP contribution in [0.25, 0.3) is 11.8 Å². The highest BCUT2D eigenvalue weighted by Gasteiger charge is 2.64. The SMILES string of the molecule is COc1cc(C/C=C\c2ccc(O)c3c2CC2CC4[C@H](N(C)C)C(=O)C(C(N)=O)=C(O)[C@@]4(O)C(=O)C2=C3O)ccc1O. The van der Waals surface area contributed by atoms with Crippen LogP contribution in [0.3, 0.4) is 0 Å². The van der Waals surface area contributed by atoms with Gasteiger partial charge in [0.15, 0.2) is 22.9 Å². The third-order valence-corrected chi connectivity index (χ3v) is 8.54. The van der Waals surface area contributed by atoms with E-state index in [1.807, 2.05) is 12.2 Å². The van der Waals surface area contributed by atoms with Crippen molar-refractivity contribution in [2.75, 3.05) is 21.2 Å². The first-order valence-corrected chi connectivity index (χ1v) is 13.3. The summed E-state index contributed by atoms with van der Waals surface area (Å²) in [6, 6.07) is 6.92. The average Bonchev–Trinajstić information content (AvgIpc) is 2.92. The second-order valence-corrected chi connectivity index (χ2v) is 11.1. The number of primary amides is 1. The molecule has 0 aromatic heterocycles. The van der Waals surface area contributed by atoms with Crippen LogP contribution >= 0.6 is 0 Å². The Morgan fingerprint density at radius 3 is 2.45 bits per heavy atom. The summed E-state index contributed by atoms with van der Waals surface area (Å²) in [4.78, 5) is 40.7. The number of aliphatic hydroxyl groups is 3. The number of methoxy groups -OCH3 is 1. The number of hydrogen-bond donors (Lipinski definition) is 6. The predicted octanol–water partition coefficient (Wildman–Crippen LogP) is 1.93. The molecule has 0 spiro atoms. The zero-order valence-corrected chi connectivity index (χ0v) is 23.3. The van der Waals surface area contributed by atoms with Crippen LogP contribution in [0.1, 0.15) is 28.7 Å². The number of nitrogens with zero attached hydrogens (tertiary/aromatic N) is 1. The maximum absolute atomic E-state index is 13.9. The molecule has 11 heteroatoms. The van der Waals surface area contributed by atoms with Crippen molar-refractivity contribution in [3.05, 3.63) is 75.6 Å². The Morgan fingerprint density at radius 1 is 1.12 bits per heavy atom. The molecular weight excluding hydrogens is 544 g/mol. The molecule has 11 nitrogen and oxygen atoms in total. The van der Waals surface area contributed by atoms with Crippen LogP contribution in [-0.2, 0) is 27.2 Å². The fourth-order valence-electron chi connectivity index (χ4n) is 6.60. The van der Waals surface area contributed by atoms with Gasteiger partial charge in [0.05, 0.1) is 18.7 Å². The summed E-state index contributed by atoms with van der Waals surface area (Å²) in [5.41, 5.74) is 3.78. The van der Waals surface area contributed by atoms with E-state index in [2.05, 4.69) is 0 Å². The zero-order valence-electron chi connectivity index (χ0n) is 23.3. The average molecular weight is 577 g/mol. The summed E-state index contributed by atoms with van der Waals surface area (Å²) in [5.74, 6) is -6.51. The van der Waals surface area contributed by atoms with E-state index in [0.29, 0.717) is 23.3 Å². The highest BCUT2D eigenvalue weighted by Crippen LogP contribution is 2.53. The van der Waals surface area contributed by atoms with Gasteiger partial charge in [-0.25, -0.2) is 0 Å². The zero-order chi connectivity index (χ0) is 30.7. The Balaban J connectivity index is 1.58. The number of aliphatic hydroxyl groups excluding tert-OH is 2. The van der Waals surface area contributed by atoms with Gasteiger partial charge in [0.2, 0.25) is 5.78 Å². The molecule has 5 rings (SSSR count). The van der Waals surface area contributed by atoms with Crippen molar-refractivity contribution in [1.29, 1.82) is 0 Å². The van der Waals surface area contributed by atoms with Crippen molar-refractivity contribution in [3.63, 3.8) is 0 Å². The molecule has 3 aliphatic carbocycles. The number of nitrogens with two attached hydrogens (primary N) is 1. The number of fused-ring (bicyclic) bond motifs is 3. The number of benzene rings is 2. The monoisotopic (exact) mass is 576 g/mol. The minimum absolute atomic E-state index is 0.0118. The van der Waals surface area contributed by atoms with Crippen molar-refractivity contribution in [2.24, 2.45) is 17.6 Å². The highest BCUT2D eigenvalue weighted by atomic mass is 16.5. The lowest BCUT2D eigenvalue weighted by Crippen LogP contribution is -2.65. The van der Waals surface area contributed by atoms with Crippen LogP contribution in [0.5, 0.6) is 17.2 Å². The standard InChI is InChI=1S/C31H32N2O9/c1-33(2)25-18-13-16-12-17-15(6-4-5-14-7-9-19(34)21(11-14)42-3)8-10-20(35)23(17)26(36)22(16)28(38)31(18,41)29(39)24(27(25)37)30(32)40/h4,6-11,16,18,25,34-36,39,41H,5,12-13H2,1-3H3,(H2,32,40)/b6-4-/t16?,18?,25-,31-/m0/s1. The fourth-order valence-corrected chi connectivity index (χ4v) is 6.60. The molecule has 1 saturated carbocycles. The van der Waals surface area contributed by atoms with Crippen molar-refractivity contribution in [3.8, 4) is 17.2 Å². The molecule has 42 heavy (non-hydrogen) atoms. The molecule has 3 aliphatic rings. The molecular formula is C31H32N2O9. The van der Waals surface area contributed by atoms with Gasteiger partial charge < -0.3 is 36.0 Å². The molecule has 0 saturated heterocycles. The number of Topliss-reactive ketones (excluding diaryl/α,β-unsaturated/α-hetero) is 2. The molecule has 2 aromatic carbocycles. The summed E-state index contributed by atoms with van der Waals surface area (Å²) < 4.78 is 5.16. The normalized spacial score (nSPS) is 25.5. The van der Waals surface area contributed by atoms with Crippen molar-refractivity contribution in [2.45, 2.75) is 30.9 Å². The Morgan fingerprint density at radius 2 is 1.81 bits per heavy atom. The second kappa shape index (κ2) is 10.3. The minimum Gasteiger partial charge on any atom is -0.508 e. The molecule has 0 bridgehead atoms. The number of ketones is 2. The van der Waals surface area contributed by atoms with Crippen LogP contribution in [0.4, 0.5) is 0 Å². The molecule has 0 heterocycles. The number of allylic oxidation sites excluding steroid dienone is 1. The highest BCUT2D eigenvalue weighted by molar-refractivity contribution is 6.24. The molecule has 4 atom stereocenters.